The maximum atomic E-state index is 10.9. The molecular weight excluding hydrogens is 338 g/mol. The van der Waals surface area contributed by atoms with Crippen LogP contribution in [0.2, 0.25) is 0 Å². The molecule has 2 aromatic rings. The maximum absolute atomic E-state index is 10.9. The van der Waals surface area contributed by atoms with E-state index in [0.29, 0.717) is 27.4 Å². The van der Waals surface area contributed by atoms with Crippen LogP contribution in [0.15, 0.2) is 34.8 Å². The third kappa shape index (κ3) is 3.46. The molecular formula is C13H10BrN5O2. The van der Waals surface area contributed by atoms with E-state index in [1.165, 1.54) is 12.1 Å². The van der Waals surface area contributed by atoms with Gasteiger partial charge < -0.3 is 10.6 Å². The second kappa shape index (κ2) is 6.19. The lowest BCUT2D eigenvalue weighted by Crippen LogP contribution is -2.01. The van der Waals surface area contributed by atoms with E-state index in [1.807, 2.05) is 6.07 Å². The molecule has 8 heteroatoms. The van der Waals surface area contributed by atoms with Crippen LogP contribution >= 0.6 is 15.9 Å². The quantitative estimate of drug-likeness (QED) is 0.648. The van der Waals surface area contributed by atoms with Crippen LogP contribution in [0.5, 0.6) is 0 Å². The SMILES string of the molecule is CNc1cc([N+](=O)[O-])cc(Nc2ccc(C#N)cc2Br)n1. The van der Waals surface area contributed by atoms with E-state index in [9.17, 15) is 10.1 Å². The predicted molar refractivity (Wildman–Crippen MR) is 82.6 cm³/mol. The van der Waals surface area contributed by atoms with Gasteiger partial charge in [-0.2, -0.15) is 5.26 Å². The number of halogens is 1. The lowest BCUT2D eigenvalue weighted by Gasteiger charge is -2.09. The van der Waals surface area contributed by atoms with Crippen molar-refractivity contribution in [2.24, 2.45) is 0 Å². The predicted octanol–water partition coefficient (Wildman–Crippen LogP) is 3.41. The van der Waals surface area contributed by atoms with Crippen LogP contribution in [0.4, 0.5) is 23.0 Å². The number of nitrogens with zero attached hydrogens (tertiary/aromatic N) is 3. The Bertz CT molecular complexity index is 742. The topological polar surface area (TPSA) is 104 Å². The molecule has 0 radical (unpaired) electrons. The van der Waals surface area contributed by atoms with Crippen LogP contribution < -0.4 is 10.6 Å². The molecule has 1 aromatic heterocycles. The number of aromatic nitrogens is 1. The van der Waals surface area contributed by atoms with Crippen LogP contribution in [-0.4, -0.2) is 17.0 Å². The summed E-state index contributed by atoms with van der Waals surface area (Å²) in [6.07, 6.45) is 0. The van der Waals surface area contributed by atoms with Crippen molar-refractivity contribution in [2.75, 3.05) is 17.7 Å². The van der Waals surface area contributed by atoms with Gasteiger partial charge in [-0.1, -0.05) is 0 Å². The van der Waals surface area contributed by atoms with Crippen molar-refractivity contribution >= 4 is 38.9 Å². The monoisotopic (exact) mass is 347 g/mol. The molecule has 1 aromatic carbocycles. The Hall–Kier alpha value is -2.66. The molecule has 0 saturated heterocycles. The fraction of sp³-hybridized carbons (Fsp3) is 0.0769. The van der Waals surface area contributed by atoms with E-state index in [0.717, 1.165) is 0 Å². The van der Waals surface area contributed by atoms with E-state index in [2.05, 4.69) is 31.5 Å². The van der Waals surface area contributed by atoms with Gasteiger partial charge in [-0.05, 0) is 34.1 Å². The normalized spacial score (nSPS) is 9.76. The zero-order valence-electron chi connectivity index (χ0n) is 10.9. The lowest BCUT2D eigenvalue weighted by molar-refractivity contribution is -0.384. The number of hydrogen-bond acceptors (Lipinski definition) is 6. The van der Waals surface area contributed by atoms with Crippen molar-refractivity contribution < 1.29 is 4.92 Å². The van der Waals surface area contributed by atoms with Gasteiger partial charge in [0, 0.05) is 11.5 Å². The molecule has 0 bridgehead atoms. The summed E-state index contributed by atoms with van der Waals surface area (Å²) in [5, 5.41) is 25.5. The Kier molecular flexibility index (Phi) is 4.35. The summed E-state index contributed by atoms with van der Waals surface area (Å²) in [5.41, 5.74) is 1.10. The average molecular weight is 348 g/mol. The number of benzene rings is 1. The third-order valence-electron chi connectivity index (χ3n) is 2.64. The zero-order valence-corrected chi connectivity index (χ0v) is 12.5. The highest BCUT2D eigenvalue weighted by Crippen LogP contribution is 2.28. The smallest absolute Gasteiger partial charge is 0.276 e. The number of pyridine rings is 1. The molecule has 1 heterocycles. The molecule has 0 amide bonds. The van der Waals surface area contributed by atoms with Crippen LogP contribution in [-0.2, 0) is 0 Å². The van der Waals surface area contributed by atoms with Gasteiger partial charge in [-0.3, -0.25) is 10.1 Å². The van der Waals surface area contributed by atoms with Crippen LogP contribution in [0.3, 0.4) is 0 Å². The van der Waals surface area contributed by atoms with Crippen molar-refractivity contribution in [3.05, 3.63) is 50.5 Å². The van der Waals surface area contributed by atoms with Gasteiger partial charge in [0.15, 0.2) is 0 Å². The number of hydrogen-bond donors (Lipinski definition) is 2. The molecule has 0 aliphatic heterocycles. The van der Waals surface area contributed by atoms with Crippen LogP contribution in [0, 0.1) is 21.4 Å². The Morgan fingerprint density at radius 3 is 2.62 bits per heavy atom. The molecule has 0 aliphatic carbocycles. The van der Waals surface area contributed by atoms with Crippen molar-refractivity contribution in [1.29, 1.82) is 5.26 Å². The van der Waals surface area contributed by atoms with Crippen molar-refractivity contribution in [1.82, 2.24) is 4.98 Å². The molecule has 7 nitrogen and oxygen atoms in total. The zero-order chi connectivity index (χ0) is 15.4. The van der Waals surface area contributed by atoms with Gasteiger partial charge in [0.2, 0.25) is 0 Å². The van der Waals surface area contributed by atoms with E-state index in [1.54, 1.807) is 25.2 Å². The summed E-state index contributed by atoms with van der Waals surface area (Å²) >= 11 is 3.34. The summed E-state index contributed by atoms with van der Waals surface area (Å²) in [6, 6.07) is 9.70. The fourth-order valence-electron chi connectivity index (χ4n) is 1.64. The van der Waals surface area contributed by atoms with Gasteiger partial charge in [-0.25, -0.2) is 4.98 Å². The second-order valence-corrected chi connectivity index (χ2v) is 4.89. The number of nitriles is 1. The molecule has 0 unspecified atom stereocenters. The number of rotatable bonds is 4. The van der Waals surface area contributed by atoms with Crippen molar-refractivity contribution in [3.8, 4) is 6.07 Å². The van der Waals surface area contributed by atoms with Crippen molar-refractivity contribution in [3.63, 3.8) is 0 Å². The third-order valence-corrected chi connectivity index (χ3v) is 3.29. The number of anilines is 3. The minimum Gasteiger partial charge on any atom is -0.373 e. The van der Waals surface area contributed by atoms with Gasteiger partial charge in [0.1, 0.15) is 11.6 Å². The Morgan fingerprint density at radius 2 is 2.05 bits per heavy atom. The molecule has 2 rings (SSSR count). The molecule has 0 saturated carbocycles. The first kappa shape index (κ1) is 14.7. The minimum atomic E-state index is -0.485. The Labute approximate surface area is 128 Å². The summed E-state index contributed by atoms with van der Waals surface area (Å²) in [6.45, 7) is 0. The highest BCUT2D eigenvalue weighted by atomic mass is 79.9. The molecule has 106 valence electrons. The second-order valence-electron chi connectivity index (χ2n) is 4.03. The van der Waals surface area contributed by atoms with Crippen LogP contribution in [0.1, 0.15) is 5.56 Å². The van der Waals surface area contributed by atoms with Crippen molar-refractivity contribution in [2.45, 2.75) is 0 Å². The maximum Gasteiger partial charge on any atom is 0.276 e. The Balaban J connectivity index is 2.37. The van der Waals surface area contributed by atoms with E-state index < -0.39 is 4.92 Å². The van der Waals surface area contributed by atoms with Gasteiger partial charge in [-0.15, -0.1) is 0 Å². The largest absolute Gasteiger partial charge is 0.373 e. The van der Waals surface area contributed by atoms with E-state index in [-0.39, 0.29) is 5.69 Å². The molecule has 0 spiro atoms. The van der Waals surface area contributed by atoms with Gasteiger partial charge in [0.05, 0.1) is 34.4 Å². The fourth-order valence-corrected chi connectivity index (χ4v) is 2.12. The van der Waals surface area contributed by atoms with Crippen LogP contribution in [0.25, 0.3) is 0 Å². The molecule has 0 aliphatic rings. The molecule has 21 heavy (non-hydrogen) atoms. The average Bonchev–Trinajstić information content (AvgIpc) is 2.48. The number of nitro groups is 1. The van der Waals surface area contributed by atoms with Gasteiger partial charge >= 0.3 is 0 Å². The minimum absolute atomic E-state index is 0.0679. The summed E-state index contributed by atoms with van der Waals surface area (Å²) < 4.78 is 0.667. The van der Waals surface area contributed by atoms with E-state index >= 15 is 0 Å². The molecule has 0 atom stereocenters. The molecule has 2 N–H and O–H groups in total. The first-order valence-electron chi connectivity index (χ1n) is 5.84. The van der Waals surface area contributed by atoms with Gasteiger partial charge in [0.25, 0.3) is 5.69 Å². The first-order valence-corrected chi connectivity index (χ1v) is 6.63. The molecule has 0 fully saturated rings. The number of nitrogens with one attached hydrogen (secondary N) is 2. The summed E-state index contributed by atoms with van der Waals surface area (Å²) in [7, 11) is 1.63. The van der Waals surface area contributed by atoms with E-state index in [4.69, 9.17) is 5.26 Å². The lowest BCUT2D eigenvalue weighted by atomic mass is 10.2. The first-order chi connectivity index (χ1) is 10.0. The standard InChI is InChI=1S/C13H10BrN5O2/c1-16-12-5-9(19(20)21)6-13(18-12)17-11-3-2-8(7-15)4-10(11)14/h2-6H,1H3,(H2,16,17,18). The Morgan fingerprint density at radius 1 is 1.33 bits per heavy atom. The highest BCUT2D eigenvalue weighted by Gasteiger charge is 2.11. The summed E-state index contributed by atoms with van der Waals surface area (Å²) in [5.74, 6) is 0.718. The highest BCUT2D eigenvalue weighted by molar-refractivity contribution is 9.10. The summed E-state index contributed by atoms with van der Waals surface area (Å²) in [4.78, 5) is 14.6.